The second-order valence-electron chi connectivity index (χ2n) is 4.58. The Morgan fingerprint density at radius 2 is 2.00 bits per heavy atom. The number of ether oxygens (including phenoxy) is 1. The standard InChI is InChI=1S/C14H19ClO/c1-16-14-9-5-4-8-12(14)10-13(15)11-6-2-3-7-11/h4-5,8-9,11,13H,2-3,6-7,10H2,1H3. The number of methoxy groups -OCH3 is 1. The van der Waals surface area contributed by atoms with Gasteiger partial charge in [-0.3, -0.25) is 0 Å². The van der Waals surface area contributed by atoms with Gasteiger partial charge in [-0.15, -0.1) is 11.6 Å². The van der Waals surface area contributed by atoms with Crippen LogP contribution in [-0.2, 0) is 6.42 Å². The van der Waals surface area contributed by atoms with Gasteiger partial charge in [0.15, 0.2) is 0 Å². The molecule has 0 spiro atoms. The molecule has 0 aliphatic heterocycles. The van der Waals surface area contributed by atoms with E-state index in [9.17, 15) is 0 Å². The van der Waals surface area contributed by atoms with Crippen molar-refractivity contribution in [3.8, 4) is 5.75 Å². The van der Waals surface area contributed by atoms with E-state index < -0.39 is 0 Å². The van der Waals surface area contributed by atoms with E-state index in [2.05, 4.69) is 12.1 Å². The number of halogens is 1. The minimum absolute atomic E-state index is 0.263. The van der Waals surface area contributed by atoms with Gasteiger partial charge >= 0.3 is 0 Å². The zero-order valence-electron chi connectivity index (χ0n) is 9.79. The Labute approximate surface area is 103 Å². The number of hydrogen-bond acceptors (Lipinski definition) is 1. The van der Waals surface area contributed by atoms with Crippen molar-refractivity contribution in [3.05, 3.63) is 29.8 Å². The highest BCUT2D eigenvalue weighted by atomic mass is 35.5. The van der Waals surface area contributed by atoms with Crippen molar-refractivity contribution in [2.24, 2.45) is 5.92 Å². The van der Waals surface area contributed by atoms with Crippen LogP contribution >= 0.6 is 11.6 Å². The van der Waals surface area contributed by atoms with E-state index in [1.54, 1.807) is 7.11 Å². The molecule has 1 aromatic rings. The lowest BCUT2D eigenvalue weighted by Gasteiger charge is -2.17. The quantitative estimate of drug-likeness (QED) is 0.720. The van der Waals surface area contributed by atoms with Crippen LogP contribution in [0.15, 0.2) is 24.3 Å². The molecule has 0 saturated heterocycles. The molecule has 0 amide bonds. The van der Waals surface area contributed by atoms with Crippen molar-refractivity contribution in [2.45, 2.75) is 37.5 Å². The molecular weight excluding hydrogens is 220 g/mol. The molecule has 0 bridgehead atoms. The summed E-state index contributed by atoms with van der Waals surface area (Å²) in [6.07, 6.45) is 6.21. The van der Waals surface area contributed by atoms with Crippen molar-refractivity contribution >= 4 is 11.6 Å². The van der Waals surface area contributed by atoms with Gasteiger partial charge in [0.2, 0.25) is 0 Å². The molecule has 16 heavy (non-hydrogen) atoms. The van der Waals surface area contributed by atoms with Crippen LogP contribution < -0.4 is 4.74 Å². The second kappa shape index (κ2) is 5.58. The molecule has 0 aromatic heterocycles. The molecule has 88 valence electrons. The Morgan fingerprint density at radius 1 is 1.31 bits per heavy atom. The minimum atomic E-state index is 0.263. The summed E-state index contributed by atoms with van der Waals surface area (Å²) >= 11 is 6.50. The molecule has 1 nitrogen and oxygen atoms in total. The maximum Gasteiger partial charge on any atom is 0.122 e. The summed E-state index contributed by atoms with van der Waals surface area (Å²) in [5.74, 6) is 1.66. The molecule has 1 saturated carbocycles. The van der Waals surface area contributed by atoms with Crippen LogP contribution in [-0.4, -0.2) is 12.5 Å². The van der Waals surface area contributed by atoms with Gasteiger partial charge in [0.25, 0.3) is 0 Å². The SMILES string of the molecule is COc1ccccc1CC(Cl)C1CCCC1. The van der Waals surface area contributed by atoms with Crippen LogP contribution in [0.3, 0.4) is 0 Å². The third-order valence-electron chi connectivity index (χ3n) is 3.52. The maximum atomic E-state index is 6.50. The number of benzene rings is 1. The fourth-order valence-corrected chi connectivity index (χ4v) is 2.99. The zero-order valence-corrected chi connectivity index (χ0v) is 10.5. The van der Waals surface area contributed by atoms with Crippen molar-refractivity contribution in [3.63, 3.8) is 0 Å². The Balaban J connectivity index is 2.01. The normalized spacial score (nSPS) is 18.6. The van der Waals surface area contributed by atoms with Crippen molar-refractivity contribution < 1.29 is 4.74 Å². The monoisotopic (exact) mass is 238 g/mol. The van der Waals surface area contributed by atoms with E-state index in [4.69, 9.17) is 16.3 Å². The average molecular weight is 239 g/mol. The summed E-state index contributed by atoms with van der Waals surface area (Å²) in [7, 11) is 1.72. The average Bonchev–Trinajstić information content (AvgIpc) is 2.83. The van der Waals surface area contributed by atoms with Gasteiger partial charge in [0.1, 0.15) is 5.75 Å². The highest BCUT2D eigenvalue weighted by Crippen LogP contribution is 2.33. The van der Waals surface area contributed by atoms with Crippen LogP contribution in [0.4, 0.5) is 0 Å². The number of rotatable bonds is 4. The first-order valence-electron chi connectivity index (χ1n) is 6.07. The zero-order chi connectivity index (χ0) is 11.4. The fraction of sp³-hybridized carbons (Fsp3) is 0.571. The van der Waals surface area contributed by atoms with E-state index in [0.29, 0.717) is 5.92 Å². The Kier molecular flexibility index (Phi) is 4.11. The Morgan fingerprint density at radius 3 is 2.69 bits per heavy atom. The van der Waals surface area contributed by atoms with Crippen LogP contribution in [0, 0.1) is 5.92 Å². The number of alkyl halides is 1. The van der Waals surface area contributed by atoms with Crippen molar-refractivity contribution in [1.29, 1.82) is 0 Å². The van der Waals surface area contributed by atoms with Gasteiger partial charge in [-0.1, -0.05) is 31.0 Å². The maximum absolute atomic E-state index is 6.50. The highest BCUT2D eigenvalue weighted by molar-refractivity contribution is 6.21. The topological polar surface area (TPSA) is 9.23 Å². The Hall–Kier alpha value is -0.690. The molecule has 2 heteroatoms. The predicted octanol–water partition coefficient (Wildman–Crippen LogP) is 4.04. The third-order valence-corrected chi connectivity index (χ3v) is 4.03. The largest absolute Gasteiger partial charge is 0.496 e. The van der Waals surface area contributed by atoms with Gasteiger partial charge in [0, 0.05) is 5.38 Å². The lowest BCUT2D eigenvalue weighted by atomic mass is 9.97. The first-order valence-corrected chi connectivity index (χ1v) is 6.51. The summed E-state index contributed by atoms with van der Waals surface area (Å²) in [5, 5.41) is 0.263. The number of hydrogen-bond donors (Lipinski definition) is 0. The van der Waals surface area contributed by atoms with E-state index in [1.165, 1.54) is 31.2 Å². The first-order chi connectivity index (χ1) is 7.81. The molecule has 1 aliphatic rings. The summed E-state index contributed by atoms with van der Waals surface area (Å²) in [6.45, 7) is 0. The van der Waals surface area contributed by atoms with Crippen LogP contribution in [0.25, 0.3) is 0 Å². The molecule has 1 atom stereocenters. The predicted molar refractivity (Wildman–Crippen MR) is 68.3 cm³/mol. The van der Waals surface area contributed by atoms with E-state index >= 15 is 0 Å². The first kappa shape index (κ1) is 11.8. The lowest BCUT2D eigenvalue weighted by molar-refractivity contribution is 0.406. The molecule has 0 heterocycles. The summed E-state index contributed by atoms with van der Waals surface area (Å²) in [6, 6.07) is 8.17. The van der Waals surface area contributed by atoms with Crippen LogP contribution in [0.2, 0.25) is 0 Å². The summed E-state index contributed by atoms with van der Waals surface area (Å²) in [4.78, 5) is 0. The van der Waals surface area contributed by atoms with Gasteiger partial charge < -0.3 is 4.74 Å². The Bertz CT molecular complexity index is 331. The molecule has 0 N–H and O–H groups in total. The molecule has 0 radical (unpaired) electrons. The smallest absolute Gasteiger partial charge is 0.122 e. The van der Waals surface area contributed by atoms with E-state index in [-0.39, 0.29) is 5.38 Å². The third kappa shape index (κ3) is 2.70. The molecular formula is C14H19ClO. The lowest BCUT2D eigenvalue weighted by Crippen LogP contribution is -2.14. The van der Waals surface area contributed by atoms with Crippen molar-refractivity contribution in [2.75, 3.05) is 7.11 Å². The molecule has 1 aliphatic carbocycles. The second-order valence-corrected chi connectivity index (χ2v) is 5.14. The van der Waals surface area contributed by atoms with E-state index in [0.717, 1.165) is 12.2 Å². The van der Waals surface area contributed by atoms with Crippen LogP contribution in [0.5, 0.6) is 5.75 Å². The molecule has 1 unspecified atom stereocenters. The fourth-order valence-electron chi connectivity index (χ4n) is 2.57. The number of para-hydroxylation sites is 1. The minimum Gasteiger partial charge on any atom is -0.496 e. The highest BCUT2D eigenvalue weighted by Gasteiger charge is 2.24. The molecule has 1 aromatic carbocycles. The van der Waals surface area contributed by atoms with Crippen molar-refractivity contribution in [1.82, 2.24) is 0 Å². The van der Waals surface area contributed by atoms with Gasteiger partial charge in [-0.2, -0.15) is 0 Å². The summed E-state index contributed by atoms with van der Waals surface area (Å²) in [5.41, 5.74) is 1.23. The molecule has 1 fully saturated rings. The van der Waals surface area contributed by atoms with E-state index in [1.807, 2.05) is 12.1 Å². The van der Waals surface area contributed by atoms with Crippen LogP contribution in [0.1, 0.15) is 31.2 Å². The van der Waals surface area contributed by atoms with Gasteiger partial charge in [0.05, 0.1) is 7.11 Å². The van der Waals surface area contributed by atoms with Gasteiger partial charge in [-0.05, 0) is 36.8 Å². The van der Waals surface area contributed by atoms with Gasteiger partial charge in [-0.25, -0.2) is 0 Å². The molecule has 2 rings (SSSR count). The summed E-state index contributed by atoms with van der Waals surface area (Å²) < 4.78 is 5.35.